The van der Waals surface area contributed by atoms with Crippen molar-refractivity contribution in [3.8, 4) is 0 Å². The van der Waals surface area contributed by atoms with Gasteiger partial charge in [0.15, 0.2) is 5.16 Å². The number of aliphatic hydroxyl groups is 1. The van der Waals surface area contributed by atoms with Crippen molar-refractivity contribution in [2.24, 2.45) is 7.05 Å². The van der Waals surface area contributed by atoms with Crippen LogP contribution in [0.1, 0.15) is 0 Å². The monoisotopic (exact) mass is 338 g/mol. The Morgan fingerprint density at radius 2 is 1.67 bits per heavy atom. The predicted octanol–water partition coefficient (Wildman–Crippen LogP) is 3.08. The average Bonchev–Trinajstić information content (AvgIpc) is 3.16. The fourth-order valence-electron chi connectivity index (χ4n) is 3.04. The van der Waals surface area contributed by atoms with Gasteiger partial charge in [-0.15, -0.1) is 10.2 Å². The molecule has 2 aromatic carbocycles. The van der Waals surface area contributed by atoms with Gasteiger partial charge in [-0.1, -0.05) is 48.2 Å². The molecule has 0 bridgehead atoms. The van der Waals surface area contributed by atoms with E-state index in [0.29, 0.717) is 12.3 Å². The molecule has 0 aliphatic heterocycles. The standard InChI is InChI=1S/C18H18N4OS/c1-21-12-19-20-18(21)24-11-13(23)10-22-16-8-4-2-6-14(16)15-7-3-5-9-17(15)22/h2-9,12-13,23H,10-11H2,1H3. The molecule has 4 rings (SSSR count). The zero-order valence-electron chi connectivity index (χ0n) is 13.3. The van der Waals surface area contributed by atoms with Gasteiger partial charge in [-0.2, -0.15) is 0 Å². The fourth-order valence-corrected chi connectivity index (χ4v) is 3.84. The molecule has 0 radical (unpaired) electrons. The van der Waals surface area contributed by atoms with E-state index in [2.05, 4.69) is 51.2 Å². The Balaban J connectivity index is 1.62. The number of aromatic nitrogens is 4. The molecule has 0 amide bonds. The first-order valence-electron chi connectivity index (χ1n) is 7.85. The summed E-state index contributed by atoms with van der Waals surface area (Å²) in [4.78, 5) is 0. The Hall–Kier alpha value is -2.31. The van der Waals surface area contributed by atoms with Crippen LogP contribution < -0.4 is 0 Å². The lowest BCUT2D eigenvalue weighted by Crippen LogP contribution is -2.18. The summed E-state index contributed by atoms with van der Waals surface area (Å²) in [7, 11) is 1.90. The second-order valence-corrected chi connectivity index (χ2v) is 6.82. The molecule has 4 aromatic rings. The van der Waals surface area contributed by atoms with Crippen LogP contribution >= 0.6 is 11.8 Å². The van der Waals surface area contributed by atoms with Crippen LogP contribution in [0.25, 0.3) is 21.8 Å². The Morgan fingerprint density at radius 1 is 1.04 bits per heavy atom. The molecule has 1 atom stereocenters. The van der Waals surface area contributed by atoms with Gasteiger partial charge in [-0.05, 0) is 12.1 Å². The van der Waals surface area contributed by atoms with Crippen molar-refractivity contribution >= 4 is 33.6 Å². The molecule has 122 valence electrons. The van der Waals surface area contributed by atoms with Crippen molar-refractivity contribution in [1.29, 1.82) is 0 Å². The minimum absolute atomic E-state index is 0.467. The van der Waals surface area contributed by atoms with Crippen molar-refractivity contribution in [1.82, 2.24) is 19.3 Å². The highest BCUT2D eigenvalue weighted by atomic mass is 32.2. The van der Waals surface area contributed by atoms with E-state index in [1.54, 1.807) is 6.33 Å². The maximum atomic E-state index is 10.5. The normalized spacial score (nSPS) is 12.9. The first-order valence-corrected chi connectivity index (χ1v) is 8.83. The molecule has 1 N–H and O–H groups in total. The largest absolute Gasteiger partial charge is 0.390 e. The SMILES string of the molecule is Cn1cnnc1SCC(O)Cn1c2ccccc2c2ccccc21. The lowest BCUT2D eigenvalue weighted by Gasteiger charge is -2.13. The fraction of sp³-hybridized carbons (Fsp3) is 0.222. The molecule has 0 aliphatic rings. The number of benzene rings is 2. The zero-order valence-corrected chi connectivity index (χ0v) is 14.1. The highest BCUT2D eigenvalue weighted by Crippen LogP contribution is 2.29. The van der Waals surface area contributed by atoms with Gasteiger partial charge in [-0.25, -0.2) is 0 Å². The van der Waals surface area contributed by atoms with Crippen LogP contribution in [-0.2, 0) is 13.6 Å². The summed E-state index contributed by atoms with van der Waals surface area (Å²) >= 11 is 1.52. The third-order valence-corrected chi connectivity index (χ3v) is 5.33. The van der Waals surface area contributed by atoms with E-state index in [1.165, 1.54) is 22.5 Å². The van der Waals surface area contributed by atoms with E-state index in [1.807, 2.05) is 23.7 Å². The van der Waals surface area contributed by atoms with Gasteiger partial charge in [0.05, 0.1) is 12.6 Å². The van der Waals surface area contributed by atoms with E-state index in [0.717, 1.165) is 16.2 Å². The smallest absolute Gasteiger partial charge is 0.190 e. The summed E-state index contributed by atoms with van der Waals surface area (Å²) in [6.45, 7) is 0.554. The number of aliphatic hydroxyl groups excluding tert-OH is 1. The molecular formula is C18H18N4OS. The van der Waals surface area contributed by atoms with Crippen LogP contribution in [0.3, 0.4) is 0 Å². The van der Waals surface area contributed by atoms with Crippen LogP contribution in [0, 0.1) is 0 Å². The molecule has 0 saturated heterocycles. The highest BCUT2D eigenvalue weighted by molar-refractivity contribution is 7.99. The minimum atomic E-state index is -0.467. The number of para-hydroxylation sites is 2. The summed E-state index contributed by atoms with van der Waals surface area (Å²) in [5.74, 6) is 0.577. The van der Waals surface area contributed by atoms with E-state index in [4.69, 9.17) is 0 Å². The topological polar surface area (TPSA) is 55.9 Å². The number of nitrogens with zero attached hydrogens (tertiary/aromatic N) is 4. The first kappa shape index (κ1) is 15.2. The predicted molar refractivity (Wildman–Crippen MR) is 97.2 cm³/mol. The maximum Gasteiger partial charge on any atom is 0.190 e. The Morgan fingerprint density at radius 3 is 2.25 bits per heavy atom. The second-order valence-electron chi connectivity index (χ2n) is 5.83. The van der Waals surface area contributed by atoms with Gasteiger partial charge >= 0.3 is 0 Å². The van der Waals surface area contributed by atoms with E-state index < -0.39 is 6.10 Å². The van der Waals surface area contributed by atoms with Gasteiger partial charge in [0.25, 0.3) is 0 Å². The molecule has 6 heteroatoms. The molecule has 24 heavy (non-hydrogen) atoms. The van der Waals surface area contributed by atoms with E-state index >= 15 is 0 Å². The molecule has 1 unspecified atom stereocenters. The Labute approximate surface area is 143 Å². The third-order valence-electron chi connectivity index (χ3n) is 4.15. The van der Waals surface area contributed by atoms with E-state index in [9.17, 15) is 5.11 Å². The maximum absolute atomic E-state index is 10.5. The van der Waals surface area contributed by atoms with Gasteiger partial charge in [0.2, 0.25) is 0 Å². The van der Waals surface area contributed by atoms with Crippen molar-refractivity contribution in [2.75, 3.05) is 5.75 Å². The Kier molecular flexibility index (Phi) is 4.00. The van der Waals surface area contributed by atoms with Crippen LogP contribution in [0.2, 0.25) is 0 Å². The van der Waals surface area contributed by atoms with E-state index in [-0.39, 0.29) is 0 Å². The average molecular weight is 338 g/mol. The Bertz CT molecular complexity index is 938. The van der Waals surface area contributed by atoms with Crippen LogP contribution in [0.15, 0.2) is 60.0 Å². The zero-order chi connectivity index (χ0) is 16.5. The number of fused-ring (bicyclic) bond motifs is 3. The summed E-state index contributed by atoms with van der Waals surface area (Å²) in [5.41, 5.74) is 2.31. The third kappa shape index (κ3) is 2.68. The van der Waals surface area contributed by atoms with Crippen LogP contribution in [0.5, 0.6) is 0 Å². The first-order chi connectivity index (χ1) is 11.7. The highest BCUT2D eigenvalue weighted by Gasteiger charge is 2.14. The quantitative estimate of drug-likeness (QED) is 0.568. The van der Waals surface area contributed by atoms with Crippen LogP contribution in [0.4, 0.5) is 0 Å². The number of hydrogen-bond acceptors (Lipinski definition) is 4. The van der Waals surface area contributed by atoms with Crippen molar-refractivity contribution in [3.63, 3.8) is 0 Å². The van der Waals surface area contributed by atoms with Crippen molar-refractivity contribution < 1.29 is 5.11 Å². The lowest BCUT2D eigenvalue weighted by molar-refractivity contribution is 0.181. The summed E-state index contributed by atoms with van der Waals surface area (Å²) in [6, 6.07) is 16.7. The minimum Gasteiger partial charge on any atom is -0.390 e. The summed E-state index contributed by atoms with van der Waals surface area (Å²) < 4.78 is 4.06. The molecular weight excluding hydrogens is 320 g/mol. The van der Waals surface area contributed by atoms with Gasteiger partial charge in [0, 0.05) is 34.6 Å². The van der Waals surface area contributed by atoms with Gasteiger partial charge in [-0.3, -0.25) is 0 Å². The molecule has 2 aromatic heterocycles. The molecule has 0 saturated carbocycles. The lowest BCUT2D eigenvalue weighted by atomic mass is 10.2. The van der Waals surface area contributed by atoms with Crippen molar-refractivity contribution in [3.05, 3.63) is 54.9 Å². The van der Waals surface area contributed by atoms with Gasteiger partial charge < -0.3 is 14.2 Å². The van der Waals surface area contributed by atoms with Crippen molar-refractivity contribution in [2.45, 2.75) is 17.8 Å². The summed E-state index contributed by atoms with van der Waals surface area (Å²) in [6.07, 6.45) is 1.20. The molecule has 5 nitrogen and oxygen atoms in total. The number of aryl methyl sites for hydroxylation is 1. The number of hydrogen-bond donors (Lipinski definition) is 1. The molecule has 0 fully saturated rings. The molecule has 2 heterocycles. The summed E-state index contributed by atoms with van der Waals surface area (Å²) in [5, 5.41) is 21.7. The molecule has 0 aliphatic carbocycles. The van der Waals surface area contributed by atoms with Crippen LogP contribution in [-0.4, -0.2) is 36.3 Å². The number of thioether (sulfide) groups is 1. The molecule has 0 spiro atoms. The van der Waals surface area contributed by atoms with Gasteiger partial charge in [0.1, 0.15) is 6.33 Å². The second kappa shape index (κ2) is 6.30. The number of rotatable bonds is 5.